The number of carbonyl (C=O) groups is 2. The van der Waals surface area contributed by atoms with Crippen LogP contribution >= 0.6 is 0 Å². The van der Waals surface area contributed by atoms with E-state index in [-0.39, 0.29) is 19.1 Å². The van der Waals surface area contributed by atoms with E-state index in [2.05, 4.69) is 32.7 Å². The number of anilines is 1. The average Bonchev–Trinajstić information content (AvgIpc) is 3.44. The molecule has 2 N–H and O–H groups in total. The van der Waals surface area contributed by atoms with Gasteiger partial charge in [0, 0.05) is 25.0 Å². The molecule has 0 aliphatic carbocycles. The van der Waals surface area contributed by atoms with Crippen LogP contribution in [0.4, 0.5) is 5.69 Å². The van der Waals surface area contributed by atoms with Crippen molar-refractivity contribution >= 4 is 17.5 Å². The van der Waals surface area contributed by atoms with E-state index in [1.54, 1.807) is 24.6 Å². The number of benzene rings is 1. The third-order valence-electron chi connectivity index (χ3n) is 4.99. The van der Waals surface area contributed by atoms with Crippen LogP contribution in [0.3, 0.4) is 0 Å². The summed E-state index contributed by atoms with van der Waals surface area (Å²) in [6.45, 7) is 1.29. The van der Waals surface area contributed by atoms with Gasteiger partial charge >= 0.3 is 11.8 Å². The van der Waals surface area contributed by atoms with Gasteiger partial charge in [0.2, 0.25) is 0 Å². The lowest BCUT2D eigenvalue weighted by molar-refractivity contribution is -0.139. The SMILES string of the molecule is O=C(NCc1ccccn1)C(=O)NC[C@@H](c1ccco1)N1CCc2ccccc21. The van der Waals surface area contributed by atoms with Gasteiger partial charge in [-0.3, -0.25) is 14.6 Å². The molecule has 0 saturated heterocycles. The molecule has 0 spiro atoms. The van der Waals surface area contributed by atoms with Crippen LogP contribution in [0.2, 0.25) is 0 Å². The molecule has 1 aliphatic heterocycles. The van der Waals surface area contributed by atoms with E-state index in [9.17, 15) is 9.59 Å². The summed E-state index contributed by atoms with van der Waals surface area (Å²) in [5, 5.41) is 5.33. The van der Waals surface area contributed by atoms with Crippen molar-refractivity contribution in [1.82, 2.24) is 15.6 Å². The molecule has 4 rings (SSSR count). The number of pyridine rings is 1. The molecule has 0 radical (unpaired) electrons. The zero-order chi connectivity index (χ0) is 20.1. The predicted octanol–water partition coefficient (Wildman–Crippen LogP) is 2.21. The predicted molar refractivity (Wildman–Crippen MR) is 108 cm³/mol. The second kappa shape index (κ2) is 8.60. The Kier molecular flexibility index (Phi) is 5.56. The third kappa shape index (κ3) is 4.29. The minimum Gasteiger partial charge on any atom is -0.467 e. The summed E-state index contributed by atoms with van der Waals surface area (Å²) >= 11 is 0. The number of rotatable bonds is 6. The quantitative estimate of drug-likeness (QED) is 0.630. The van der Waals surface area contributed by atoms with E-state index >= 15 is 0 Å². The van der Waals surface area contributed by atoms with Gasteiger partial charge in [0.05, 0.1) is 18.5 Å². The molecule has 0 bridgehead atoms. The highest BCUT2D eigenvalue weighted by Crippen LogP contribution is 2.34. The Morgan fingerprint density at radius 3 is 2.66 bits per heavy atom. The summed E-state index contributed by atoms with van der Waals surface area (Å²) in [5.74, 6) is -0.614. The van der Waals surface area contributed by atoms with Crippen LogP contribution in [0.15, 0.2) is 71.5 Å². The Bertz CT molecular complexity index is 973. The van der Waals surface area contributed by atoms with Gasteiger partial charge in [-0.2, -0.15) is 0 Å². The molecule has 7 nitrogen and oxygen atoms in total. The van der Waals surface area contributed by atoms with Crippen LogP contribution in [0.25, 0.3) is 0 Å². The van der Waals surface area contributed by atoms with Gasteiger partial charge in [-0.1, -0.05) is 24.3 Å². The number of aromatic nitrogens is 1. The van der Waals surface area contributed by atoms with Crippen LogP contribution in [-0.4, -0.2) is 29.9 Å². The van der Waals surface area contributed by atoms with Crippen molar-refractivity contribution in [1.29, 1.82) is 0 Å². The lowest BCUT2D eigenvalue weighted by Crippen LogP contribution is -2.43. The summed E-state index contributed by atoms with van der Waals surface area (Å²) in [6, 6.07) is 17.1. The smallest absolute Gasteiger partial charge is 0.309 e. The van der Waals surface area contributed by atoms with Crippen molar-refractivity contribution in [3.05, 3.63) is 84.1 Å². The van der Waals surface area contributed by atoms with Gasteiger partial charge in [0.15, 0.2) is 0 Å². The lowest BCUT2D eigenvalue weighted by atomic mass is 10.1. The van der Waals surface area contributed by atoms with Crippen LogP contribution in [0, 0.1) is 0 Å². The van der Waals surface area contributed by atoms with Gasteiger partial charge in [0.25, 0.3) is 0 Å². The van der Waals surface area contributed by atoms with Gasteiger partial charge in [-0.15, -0.1) is 0 Å². The van der Waals surface area contributed by atoms with E-state index in [0.717, 1.165) is 24.4 Å². The summed E-state index contributed by atoms with van der Waals surface area (Å²) in [7, 11) is 0. The molecule has 2 aromatic heterocycles. The molecule has 1 aliphatic rings. The molecule has 3 aromatic rings. The monoisotopic (exact) mass is 390 g/mol. The molecular formula is C22H22N4O3. The first-order chi connectivity index (χ1) is 14.2. The first-order valence-electron chi connectivity index (χ1n) is 9.56. The topological polar surface area (TPSA) is 87.5 Å². The zero-order valence-corrected chi connectivity index (χ0v) is 15.9. The largest absolute Gasteiger partial charge is 0.467 e. The molecule has 148 valence electrons. The van der Waals surface area contributed by atoms with Crippen molar-refractivity contribution in [3.63, 3.8) is 0 Å². The normalized spacial score (nSPS) is 13.6. The highest BCUT2D eigenvalue weighted by atomic mass is 16.3. The maximum atomic E-state index is 12.3. The maximum absolute atomic E-state index is 12.3. The molecule has 0 saturated carbocycles. The third-order valence-corrected chi connectivity index (χ3v) is 4.99. The van der Waals surface area contributed by atoms with E-state index in [1.165, 1.54) is 5.56 Å². The van der Waals surface area contributed by atoms with Crippen molar-refractivity contribution in [3.8, 4) is 0 Å². The molecule has 1 aromatic carbocycles. The van der Waals surface area contributed by atoms with E-state index < -0.39 is 11.8 Å². The Hall–Kier alpha value is -3.61. The summed E-state index contributed by atoms with van der Waals surface area (Å²) in [5.41, 5.74) is 3.09. The fraction of sp³-hybridized carbons (Fsp3) is 0.227. The highest BCUT2D eigenvalue weighted by Gasteiger charge is 2.29. The number of nitrogens with zero attached hydrogens (tertiary/aromatic N) is 2. The number of furan rings is 1. The van der Waals surface area contributed by atoms with Crippen molar-refractivity contribution in [2.45, 2.75) is 19.0 Å². The minimum atomic E-state index is -0.685. The molecule has 1 atom stereocenters. The summed E-state index contributed by atoms with van der Waals surface area (Å²) in [4.78, 5) is 30.8. The Balaban J connectivity index is 1.40. The number of fused-ring (bicyclic) bond motifs is 1. The fourth-order valence-electron chi connectivity index (χ4n) is 3.56. The van der Waals surface area contributed by atoms with Crippen molar-refractivity contribution in [2.24, 2.45) is 0 Å². The van der Waals surface area contributed by atoms with Crippen LogP contribution in [0.5, 0.6) is 0 Å². The van der Waals surface area contributed by atoms with Crippen molar-refractivity contribution in [2.75, 3.05) is 18.0 Å². The first-order valence-corrected chi connectivity index (χ1v) is 9.56. The minimum absolute atomic E-state index is 0.193. The van der Waals surface area contributed by atoms with Gasteiger partial charge in [0.1, 0.15) is 11.8 Å². The second-order valence-corrected chi connectivity index (χ2v) is 6.82. The molecule has 0 fully saturated rings. The standard InChI is InChI=1S/C22H22N4O3/c27-21(24-14-17-7-3-4-11-23-17)22(28)25-15-19(20-9-5-13-29-20)26-12-10-16-6-1-2-8-18(16)26/h1-9,11,13,19H,10,12,14-15H2,(H,24,27)(H,25,28)/t19-/m0/s1. The zero-order valence-electron chi connectivity index (χ0n) is 15.9. The van der Waals surface area contributed by atoms with Gasteiger partial charge in [-0.25, -0.2) is 0 Å². The van der Waals surface area contributed by atoms with E-state index in [4.69, 9.17) is 4.42 Å². The molecular weight excluding hydrogens is 368 g/mol. The first kappa shape index (κ1) is 18.7. The number of hydrogen-bond donors (Lipinski definition) is 2. The van der Waals surface area contributed by atoms with Crippen molar-refractivity contribution < 1.29 is 14.0 Å². The Morgan fingerprint density at radius 1 is 1.03 bits per heavy atom. The summed E-state index contributed by atoms with van der Waals surface area (Å²) in [6.07, 6.45) is 4.20. The highest BCUT2D eigenvalue weighted by molar-refractivity contribution is 6.35. The number of amides is 2. The van der Waals surface area contributed by atoms with E-state index in [0.29, 0.717) is 5.69 Å². The average molecular weight is 390 g/mol. The maximum Gasteiger partial charge on any atom is 0.309 e. The lowest BCUT2D eigenvalue weighted by Gasteiger charge is -2.29. The van der Waals surface area contributed by atoms with Crippen LogP contribution in [0.1, 0.15) is 23.1 Å². The Labute approximate surface area is 168 Å². The number of nitrogens with one attached hydrogen (secondary N) is 2. The van der Waals surface area contributed by atoms with Crippen LogP contribution in [-0.2, 0) is 22.6 Å². The van der Waals surface area contributed by atoms with Crippen LogP contribution < -0.4 is 15.5 Å². The molecule has 7 heteroatoms. The number of carbonyl (C=O) groups excluding carboxylic acids is 2. The Morgan fingerprint density at radius 2 is 1.86 bits per heavy atom. The molecule has 0 unspecified atom stereocenters. The van der Waals surface area contributed by atoms with E-state index in [1.807, 2.05) is 30.3 Å². The summed E-state index contributed by atoms with van der Waals surface area (Å²) < 4.78 is 5.62. The van der Waals surface area contributed by atoms with Gasteiger partial charge < -0.3 is 20.0 Å². The molecule has 3 heterocycles. The van der Waals surface area contributed by atoms with Gasteiger partial charge in [-0.05, 0) is 42.3 Å². The fourth-order valence-corrected chi connectivity index (χ4v) is 3.56. The molecule has 2 amide bonds. The molecule has 29 heavy (non-hydrogen) atoms. The number of para-hydroxylation sites is 1. The number of hydrogen-bond acceptors (Lipinski definition) is 5. The second-order valence-electron chi connectivity index (χ2n) is 6.82.